The van der Waals surface area contributed by atoms with Gasteiger partial charge in [-0.3, -0.25) is 15.1 Å². The van der Waals surface area contributed by atoms with Crippen LogP contribution in [0, 0.1) is 5.82 Å². The number of pyridine rings is 3. The Balaban J connectivity index is 1.46. The minimum absolute atomic E-state index is 0.225. The van der Waals surface area contributed by atoms with Crippen molar-refractivity contribution in [3.8, 4) is 22.6 Å². The van der Waals surface area contributed by atoms with E-state index in [1.165, 1.54) is 6.20 Å². The van der Waals surface area contributed by atoms with Crippen LogP contribution in [0.5, 0.6) is 0 Å². The van der Waals surface area contributed by atoms with Crippen LogP contribution >= 0.6 is 0 Å². The quantitative estimate of drug-likeness (QED) is 0.316. The number of aromatic nitrogens is 7. The molecule has 0 aromatic carbocycles. The Kier molecular flexibility index (Phi) is 5.37. The first-order valence-electron chi connectivity index (χ1n) is 11.7. The third-order valence-electron chi connectivity index (χ3n) is 5.99. The van der Waals surface area contributed by atoms with Crippen LogP contribution in [-0.2, 0) is 6.42 Å². The summed E-state index contributed by atoms with van der Waals surface area (Å²) in [5, 5.41) is 10.8. The second-order valence-electron chi connectivity index (χ2n) is 8.91. The molecule has 5 aromatic heterocycles. The fourth-order valence-corrected chi connectivity index (χ4v) is 4.41. The summed E-state index contributed by atoms with van der Waals surface area (Å²) in [7, 11) is 0. The van der Waals surface area contributed by atoms with Gasteiger partial charge in [0.1, 0.15) is 11.5 Å². The van der Waals surface area contributed by atoms with Gasteiger partial charge in [-0.25, -0.2) is 14.4 Å². The Morgan fingerprint density at radius 3 is 2.81 bits per heavy atom. The van der Waals surface area contributed by atoms with Crippen molar-refractivity contribution >= 4 is 22.3 Å². The number of nitrogens with one attached hydrogen (secondary N) is 3. The third-order valence-corrected chi connectivity index (χ3v) is 5.99. The zero-order chi connectivity index (χ0) is 24.6. The number of imidazole rings is 1. The highest BCUT2D eigenvalue weighted by Gasteiger charge is 2.23. The van der Waals surface area contributed by atoms with Crippen LogP contribution < -0.4 is 5.32 Å². The molecule has 5 aromatic rings. The van der Waals surface area contributed by atoms with E-state index in [4.69, 9.17) is 4.98 Å². The monoisotopic (exact) mass is 478 g/mol. The normalized spacial score (nSPS) is 13.1. The van der Waals surface area contributed by atoms with Gasteiger partial charge in [-0.2, -0.15) is 5.10 Å². The molecule has 8 nitrogen and oxygen atoms in total. The van der Waals surface area contributed by atoms with Gasteiger partial charge in [0.15, 0.2) is 11.5 Å². The van der Waals surface area contributed by atoms with Gasteiger partial charge in [-0.05, 0) is 26.0 Å². The maximum Gasteiger partial charge on any atom is 0.184 e. The summed E-state index contributed by atoms with van der Waals surface area (Å²) in [6.07, 6.45) is 15.1. The van der Waals surface area contributed by atoms with E-state index >= 15 is 4.39 Å². The maximum atomic E-state index is 16.0. The highest BCUT2D eigenvalue weighted by molar-refractivity contribution is 5.93. The molecule has 36 heavy (non-hydrogen) atoms. The number of nitrogens with zero attached hydrogens (tertiary/aromatic N) is 5. The number of hydrogen-bond donors (Lipinski definition) is 3. The predicted molar refractivity (Wildman–Crippen MR) is 138 cm³/mol. The Morgan fingerprint density at radius 2 is 1.97 bits per heavy atom. The largest absolute Gasteiger partial charge is 0.382 e. The molecular formula is C27H23FN8. The summed E-state index contributed by atoms with van der Waals surface area (Å²) in [6.45, 7) is 4.07. The first-order valence-corrected chi connectivity index (χ1v) is 11.7. The van der Waals surface area contributed by atoms with E-state index in [9.17, 15) is 0 Å². The molecule has 1 aliphatic carbocycles. The van der Waals surface area contributed by atoms with Crippen molar-refractivity contribution in [1.29, 1.82) is 0 Å². The van der Waals surface area contributed by atoms with Crippen molar-refractivity contribution in [2.45, 2.75) is 26.3 Å². The van der Waals surface area contributed by atoms with Crippen molar-refractivity contribution in [2.75, 3.05) is 5.32 Å². The zero-order valence-corrected chi connectivity index (χ0v) is 19.7. The SMILES string of the molecule is CC(C)Nc1cncc(-c2cnc3n[nH]c(-c4nc5c([nH]4)CC=CC=C5c4cccnc4)c3c2F)c1. The van der Waals surface area contributed by atoms with E-state index in [0.29, 0.717) is 29.1 Å². The summed E-state index contributed by atoms with van der Waals surface area (Å²) >= 11 is 0. The van der Waals surface area contributed by atoms with Crippen LogP contribution in [0.15, 0.2) is 67.4 Å². The van der Waals surface area contributed by atoms with Gasteiger partial charge in [0, 0.05) is 71.4 Å². The molecule has 0 saturated heterocycles. The minimum Gasteiger partial charge on any atom is -0.382 e. The molecule has 0 aliphatic heterocycles. The van der Waals surface area contributed by atoms with Crippen LogP contribution in [0.2, 0.25) is 0 Å². The van der Waals surface area contributed by atoms with Crippen LogP contribution in [0.25, 0.3) is 39.3 Å². The standard InChI is InChI=1S/C27H23FN8/c1-15(2)32-18-10-17(12-30-13-18)20-14-31-26-22(23(20)28)25(35-36-26)27-33-21-8-4-3-7-19(24(21)34-27)16-6-5-9-29-11-16/h3-7,9-15,32H,8H2,1-2H3,(H,33,34)(H,31,35,36). The van der Waals surface area contributed by atoms with E-state index in [2.05, 4.69) is 41.5 Å². The predicted octanol–water partition coefficient (Wildman–Crippen LogP) is 5.31. The molecule has 0 bridgehead atoms. The van der Waals surface area contributed by atoms with Crippen molar-refractivity contribution in [3.05, 3.63) is 90.2 Å². The number of anilines is 1. The van der Waals surface area contributed by atoms with Crippen molar-refractivity contribution in [1.82, 2.24) is 35.1 Å². The summed E-state index contributed by atoms with van der Waals surface area (Å²) < 4.78 is 16.0. The number of aromatic amines is 2. The number of fused-ring (bicyclic) bond motifs is 2. The van der Waals surface area contributed by atoms with Gasteiger partial charge in [-0.15, -0.1) is 0 Å². The molecule has 0 fully saturated rings. The van der Waals surface area contributed by atoms with E-state index in [0.717, 1.165) is 28.2 Å². The molecule has 9 heteroatoms. The molecule has 0 saturated carbocycles. The topological polar surface area (TPSA) is 108 Å². The summed E-state index contributed by atoms with van der Waals surface area (Å²) in [5.74, 6) is 0.0700. The lowest BCUT2D eigenvalue weighted by molar-refractivity contribution is 0.642. The lowest BCUT2D eigenvalue weighted by Gasteiger charge is -2.11. The number of rotatable bonds is 5. The van der Waals surface area contributed by atoms with Gasteiger partial charge in [0.25, 0.3) is 0 Å². The molecule has 3 N–H and O–H groups in total. The molecule has 0 amide bonds. The molecule has 0 unspecified atom stereocenters. The summed E-state index contributed by atoms with van der Waals surface area (Å²) in [4.78, 5) is 21.2. The Hall–Kier alpha value is -4.66. The van der Waals surface area contributed by atoms with E-state index in [1.54, 1.807) is 24.8 Å². The maximum absolute atomic E-state index is 16.0. The Labute approximate surface area is 206 Å². The van der Waals surface area contributed by atoms with Crippen LogP contribution in [-0.4, -0.2) is 41.2 Å². The zero-order valence-electron chi connectivity index (χ0n) is 19.7. The average Bonchev–Trinajstić information content (AvgIpc) is 3.44. The van der Waals surface area contributed by atoms with Crippen LogP contribution in [0.4, 0.5) is 10.1 Å². The molecule has 6 rings (SSSR count). The number of halogens is 1. The molecular weight excluding hydrogens is 455 g/mol. The minimum atomic E-state index is -0.429. The fraction of sp³-hybridized carbons (Fsp3) is 0.148. The Morgan fingerprint density at radius 1 is 1.08 bits per heavy atom. The lowest BCUT2D eigenvalue weighted by Crippen LogP contribution is -2.09. The second kappa shape index (κ2) is 8.84. The van der Waals surface area contributed by atoms with E-state index in [-0.39, 0.29) is 17.1 Å². The van der Waals surface area contributed by atoms with Gasteiger partial charge in [-0.1, -0.05) is 24.3 Å². The van der Waals surface area contributed by atoms with Gasteiger partial charge in [0.2, 0.25) is 0 Å². The second-order valence-corrected chi connectivity index (χ2v) is 8.91. The van der Waals surface area contributed by atoms with Gasteiger partial charge >= 0.3 is 0 Å². The molecule has 0 atom stereocenters. The van der Waals surface area contributed by atoms with E-state index in [1.807, 2.05) is 44.2 Å². The number of H-pyrrole nitrogens is 2. The van der Waals surface area contributed by atoms with Crippen molar-refractivity contribution in [3.63, 3.8) is 0 Å². The third kappa shape index (κ3) is 3.84. The number of allylic oxidation sites excluding steroid dienone is 3. The molecule has 5 heterocycles. The van der Waals surface area contributed by atoms with Gasteiger partial charge in [0.05, 0.1) is 16.8 Å². The fourth-order valence-electron chi connectivity index (χ4n) is 4.41. The first kappa shape index (κ1) is 21.8. The molecule has 0 radical (unpaired) electrons. The first-order chi connectivity index (χ1) is 17.6. The molecule has 178 valence electrons. The van der Waals surface area contributed by atoms with Crippen LogP contribution in [0.1, 0.15) is 30.8 Å². The summed E-state index contributed by atoms with van der Waals surface area (Å²) in [5.41, 5.74) is 6.14. The lowest BCUT2D eigenvalue weighted by atomic mass is 10.0. The van der Waals surface area contributed by atoms with Gasteiger partial charge < -0.3 is 10.3 Å². The number of hydrogen-bond acceptors (Lipinski definition) is 6. The highest BCUT2D eigenvalue weighted by Crippen LogP contribution is 2.35. The van der Waals surface area contributed by atoms with Crippen molar-refractivity contribution < 1.29 is 4.39 Å². The Bertz CT molecular complexity index is 1630. The highest BCUT2D eigenvalue weighted by atomic mass is 19.1. The molecule has 0 spiro atoms. The summed E-state index contributed by atoms with van der Waals surface area (Å²) in [6, 6.07) is 5.98. The smallest absolute Gasteiger partial charge is 0.184 e. The van der Waals surface area contributed by atoms with Crippen molar-refractivity contribution in [2.24, 2.45) is 0 Å². The molecule has 1 aliphatic rings. The average molecular weight is 479 g/mol. The van der Waals surface area contributed by atoms with Crippen LogP contribution in [0.3, 0.4) is 0 Å². The van der Waals surface area contributed by atoms with E-state index < -0.39 is 5.82 Å².